The summed E-state index contributed by atoms with van der Waals surface area (Å²) in [5, 5.41) is 8.07. The summed E-state index contributed by atoms with van der Waals surface area (Å²) in [4.78, 5) is 16.2. The number of thiophene rings is 1. The van der Waals surface area contributed by atoms with E-state index < -0.39 is 15.9 Å². The molecule has 2 heterocycles. The van der Waals surface area contributed by atoms with Crippen molar-refractivity contribution in [2.45, 2.75) is 0 Å². The van der Waals surface area contributed by atoms with Crippen molar-refractivity contribution in [2.24, 2.45) is 5.14 Å². The monoisotopic (exact) mass is 300 g/mol. The molecular weight excluding hydrogens is 288 g/mol. The molecule has 7 nitrogen and oxygen atoms in total. The molecule has 0 aliphatic carbocycles. The number of hydrogen-bond acceptors (Lipinski definition) is 6. The highest BCUT2D eigenvalue weighted by Crippen LogP contribution is 2.32. The molecule has 102 valence electrons. The van der Waals surface area contributed by atoms with E-state index in [0.717, 1.165) is 10.1 Å². The van der Waals surface area contributed by atoms with Crippen LogP contribution >= 0.6 is 11.3 Å². The van der Waals surface area contributed by atoms with E-state index in [1.54, 1.807) is 18.5 Å². The van der Waals surface area contributed by atoms with Crippen LogP contribution in [0.15, 0.2) is 18.5 Å². The number of carbonyl (C=O) groups is 1. The molecule has 2 aromatic rings. The average Bonchev–Trinajstić information content (AvgIpc) is 2.66. The predicted octanol–water partition coefficient (Wildman–Crippen LogP) is -0.103. The number of nitrogen functional groups attached to an aromatic ring is 1. The molecule has 0 unspecified atom stereocenters. The van der Waals surface area contributed by atoms with Crippen LogP contribution < -0.4 is 16.2 Å². The molecule has 5 N–H and O–H groups in total. The molecule has 0 bridgehead atoms. The van der Waals surface area contributed by atoms with E-state index >= 15 is 0 Å². The lowest BCUT2D eigenvalue weighted by Crippen LogP contribution is -2.31. The number of carbonyl (C=O) groups excluding carboxylic acids is 1. The van der Waals surface area contributed by atoms with Crippen molar-refractivity contribution in [3.8, 4) is 0 Å². The van der Waals surface area contributed by atoms with Crippen molar-refractivity contribution in [3.63, 3.8) is 0 Å². The van der Waals surface area contributed by atoms with Crippen LogP contribution in [-0.2, 0) is 10.0 Å². The van der Waals surface area contributed by atoms with Crippen molar-refractivity contribution in [1.29, 1.82) is 0 Å². The lowest BCUT2D eigenvalue weighted by Gasteiger charge is -2.03. The van der Waals surface area contributed by atoms with Gasteiger partial charge in [-0.15, -0.1) is 11.3 Å². The first kappa shape index (κ1) is 13.7. The quantitative estimate of drug-likeness (QED) is 0.726. The minimum atomic E-state index is -3.59. The van der Waals surface area contributed by atoms with Gasteiger partial charge in [-0.05, 0) is 6.07 Å². The predicted molar refractivity (Wildman–Crippen MR) is 74.3 cm³/mol. The van der Waals surface area contributed by atoms with Crippen molar-refractivity contribution in [3.05, 3.63) is 23.3 Å². The third-order valence-electron chi connectivity index (χ3n) is 2.41. The average molecular weight is 300 g/mol. The highest BCUT2D eigenvalue weighted by atomic mass is 32.2. The number of nitrogens with zero attached hydrogens (tertiary/aromatic N) is 1. The highest BCUT2D eigenvalue weighted by Gasteiger charge is 2.16. The molecule has 0 aliphatic rings. The number of pyridine rings is 1. The SMILES string of the molecule is Nc1c(C(=O)NCCS(N)(=O)=O)sc2cnccc12. The summed E-state index contributed by atoms with van der Waals surface area (Å²) in [7, 11) is -3.59. The van der Waals surface area contributed by atoms with E-state index in [4.69, 9.17) is 10.9 Å². The molecule has 9 heteroatoms. The first-order valence-corrected chi connectivity index (χ1v) is 7.82. The van der Waals surface area contributed by atoms with Gasteiger partial charge >= 0.3 is 0 Å². The second kappa shape index (κ2) is 5.11. The molecule has 0 spiro atoms. The fraction of sp³-hybridized carbons (Fsp3) is 0.200. The Balaban J connectivity index is 2.16. The number of nitrogens with two attached hydrogens (primary N) is 2. The Kier molecular flexibility index (Phi) is 3.69. The third kappa shape index (κ3) is 3.19. The Morgan fingerprint density at radius 3 is 2.84 bits per heavy atom. The Labute approximate surface area is 113 Å². The molecule has 0 saturated heterocycles. The second-order valence-corrected chi connectivity index (χ2v) is 6.63. The molecule has 2 rings (SSSR count). The number of rotatable bonds is 4. The van der Waals surface area contributed by atoms with Gasteiger partial charge in [0.2, 0.25) is 10.0 Å². The number of aromatic nitrogens is 1. The maximum Gasteiger partial charge on any atom is 0.263 e. The van der Waals surface area contributed by atoms with Crippen molar-refractivity contribution in [2.75, 3.05) is 18.0 Å². The topological polar surface area (TPSA) is 128 Å². The Morgan fingerprint density at radius 1 is 1.47 bits per heavy atom. The Morgan fingerprint density at radius 2 is 2.21 bits per heavy atom. The number of sulfonamides is 1. The van der Waals surface area contributed by atoms with Crippen molar-refractivity contribution in [1.82, 2.24) is 10.3 Å². The Bertz CT molecular complexity index is 723. The summed E-state index contributed by atoms with van der Waals surface area (Å²) >= 11 is 1.21. The molecular formula is C10H12N4O3S2. The van der Waals surface area contributed by atoms with Crippen LogP contribution in [0.1, 0.15) is 9.67 Å². The van der Waals surface area contributed by atoms with E-state index in [1.165, 1.54) is 11.3 Å². The first-order chi connectivity index (χ1) is 8.88. The van der Waals surface area contributed by atoms with Gasteiger partial charge in [-0.2, -0.15) is 0 Å². The van der Waals surface area contributed by atoms with Gasteiger partial charge in [-0.1, -0.05) is 0 Å². The third-order valence-corrected chi connectivity index (χ3v) is 4.34. The minimum absolute atomic E-state index is 0.0520. The molecule has 0 aromatic carbocycles. The molecule has 2 aromatic heterocycles. The van der Waals surface area contributed by atoms with Crippen LogP contribution in [0, 0.1) is 0 Å². The summed E-state index contributed by atoms with van der Waals surface area (Å²) in [5.74, 6) is -0.729. The van der Waals surface area contributed by atoms with E-state index in [-0.39, 0.29) is 12.3 Å². The van der Waals surface area contributed by atoms with Crippen molar-refractivity contribution >= 4 is 43.0 Å². The van der Waals surface area contributed by atoms with Crippen molar-refractivity contribution < 1.29 is 13.2 Å². The number of nitrogens with one attached hydrogen (secondary N) is 1. The molecule has 0 radical (unpaired) electrons. The zero-order valence-electron chi connectivity index (χ0n) is 9.79. The van der Waals surface area contributed by atoms with E-state index in [9.17, 15) is 13.2 Å². The summed E-state index contributed by atoms with van der Waals surface area (Å²) in [6, 6.07) is 1.72. The number of anilines is 1. The fourth-order valence-corrected chi connectivity index (χ4v) is 2.92. The number of fused-ring (bicyclic) bond motifs is 1. The highest BCUT2D eigenvalue weighted by molar-refractivity contribution is 7.89. The molecule has 0 atom stereocenters. The Hall–Kier alpha value is -1.71. The maximum absolute atomic E-state index is 11.9. The largest absolute Gasteiger partial charge is 0.397 e. The smallest absolute Gasteiger partial charge is 0.263 e. The van der Waals surface area contributed by atoms with Crippen LogP contribution in [-0.4, -0.2) is 31.6 Å². The molecule has 0 saturated carbocycles. The van der Waals surface area contributed by atoms with Gasteiger partial charge in [-0.3, -0.25) is 9.78 Å². The summed E-state index contributed by atoms with van der Waals surface area (Å²) in [5.41, 5.74) is 6.25. The van der Waals surface area contributed by atoms with Gasteiger partial charge in [0.1, 0.15) is 4.88 Å². The fourth-order valence-electron chi connectivity index (χ4n) is 1.53. The lowest BCUT2D eigenvalue weighted by molar-refractivity contribution is 0.0961. The van der Waals surface area contributed by atoms with Crippen LogP contribution in [0.25, 0.3) is 10.1 Å². The van der Waals surface area contributed by atoms with E-state index in [2.05, 4.69) is 10.3 Å². The van der Waals surface area contributed by atoms with Gasteiger partial charge in [0.05, 0.1) is 16.1 Å². The lowest BCUT2D eigenvalue weighted by atomic mass is 10.2. The van der Waals surface area contributed by atoms with Gasteiger partial charge in [0.25, 0.3) is 5.91 Å². The van der Waals surface area contributed by atoms with Gasteiger partial charge in [0.15, 0.2) is 0 Å². The first-order valence-electron chi connectivity index (χ1n) is 5.29. The maximum atomic E-state index is 11.9. The van der Waals surface area contributed by atoms with Crippen LogP contribution in [0.3, 0.4) is 0 Å². The number of primary sulfonamides is 1. The van der Waals surface area contributed by atoms with Crippen LogP contribution in [0.2, 0.25) is 0 Å². The second-order valence-electron chi connectivity index (χ2n) is 3.84. The molecule has 1 amide bonds. The zero-order valence-corrected chi connectivity index (χ0v) is 11.4. The summed E-state index contributed by atoms with van der Waals surface area (Å²) in [6.07, 6.45) is 3.21. The van der Waals surface area contributed by atoms with Crippen LogP contribution in [0.4, 0.5) is 5.69 Å². The standard InChI is InChI=1S/C10H12N4O3S2/c11-8-6-1-2-13-5-7(6)18-9(8)10(15)14-3-4-19(12,16)17/h1-2,5H,3-4,11H2,(H,14,15)(H2,12,16,17). The molecule has 0 fully saturated rings. The summed E-state index contributed by atoms with van der Waals surface area (Å²) in [6.45, 7) is -0.0520. The number of hydrogen-bond donors (Lipinski definition) is 3. The number of amides is 1. The zero-order chi connectivity index (χ0) is 14.0. The van der Waals surface area contributed by atoms with E-state index in [1.807, 2.05) is 0 Å². The molecule has 19 heavy (non-hydrogen) atoms. The minimum Gasteiger partial charge on any atom is -0.397 e. The molecule has 0 aliphatic heterocycles. The normalized spacial score (nSPS) is 11.6. The summed E-state index contributed by atoms with van der Waals surface area (Å²) < 4.78 is 22.3. The van der Waals surface area contributed by atoms with Gasteiger partial charge in [-0.25, -0.2) is 13.6 Å². The van der Waals surface area contributed by atoms with Gasteiger partial charge in [0, 0.05) is 24.3 Å². The van der Waals surface area contributed by atoms with Crippen LogP contribution in [0.5, 0.6) is 0 Å². The van der Waals surface area contributed by atoms with E-state index in [0.29, 0.717) is 10.6 Å². The van der Waals surface area contributed by atoms with Gasteiger partial charge < -0.3 is 11.1 Å².